The average Bonchev–Trinajstić information content (AvgIpc) is 3.02. The van der Waals surface area contributed by atoms with E-state index in [1.807, 2.05) is 35.9 Å². The van der Waals surface area contributed by atoms with Gasteiger partial charge in [0.25, 0.3) is 0 Å². The highest BCUT2D eigenvalue weighted by Crippen LogP contribution is 2.48. The highest BCUT2D eigenvalue weighted by atomic mass is 16.2. The highest BCUT2D eigenvalue weighted by molar-refractivity contribution is 5.94. The fraction of sp³-hybridized carbons (Fsp3) is 0.474. The van der Waals surface area contributed by atoms with Crippen molar-refractivity contribution < 1.29 is 4.79 Å². The van der Waals surface area contributed by atoms with Gasteiger partial charge in [-0.15, -0.1) is 0 Å². The van der Waals surface area contributed by atoms with Gasteiger partial charge in [0.2, 0.25) is 5.91 Å². The lowest BCUT2D eigenvalue weighted by Gasteiger charge is -2.14. The van der Waals surface area contributed by atoms with Gasteiger partial charge in [-0.25, -0.2) is 4.68 Å². The van der Waals surface area contributed by atoms with Crippen molar-refractivity contribution >= 4 is 11.7 Å². The molecule has 1 aromatic carbocycles. The van der Waals surface area contributed by atoms with Gasteiger partial charge in [-0.3, -0.25) is 4.79 Å². The number of amides is 1. The Morgan fingerprint density at radius 2 is 1.96 bits per heavy atom. The van der Waals surface area contributed by atoms with Crippen molar-refractivity contribution in [2.75, 3.05) is 5.32 Å². The largest absolute Gasteiger partial charge is 0.311 e. The number of aryl methyl sites for hydroxylation is 1. The Labute approximate surface area is 136 Å². The molecular weight excluding hydrogens is 286 g/mol. The summed E-state index contributed by atoms with van der Waals surface area (Å²) >= 11 is 0. The lowest BCUT2D eigenvalue weighted by molar-refractivity contribution is -0.117. The Kier molecular flexibility index (Phi) is 3.68. The molecule has 0 aliphatic heterocycles. The summed E-state index contributed by atoms with van der Waals surface area (Å²) < 4.78 is 2.04. The van der Waals surface area contributed by atoms with E-state index in [-0.39, 0.29) is 11.8 Å². The van der Waals surface area contributed by atoms with E-state index in [1.54, 1.807) is 0 Å². The van der Waals surface area contributed by atoms with Crippen molar-refractivity contribution in [3.8, 4) is 0 Å². The predicted molar refractivity (Wildman–Crippen MR) is 90.4 cm³/mol. The van der Waals surface area contributed by atoms with Crippen LogP contribution in [0.4, 0.5) is 5.82 Å². The molecule has 4 nitrogen and oxygen atoms in total. The molecule has 2 aliphatic carbocycles. The Hall–Kier alpha value is -2.10. The van der Waals surface area contributed by atoms with Crippen LogP contribution in [0.1, 0.15) is 55.3 Å². The number of carbonyl (C=O) groups is 1. The minimum absolute atomic E-state index is 0.102. The van der Waals surface area contributed by atoms with Gasteiger partial charge in [0.1, 0.15) is 5.82 Å². The number of rotatable bonds is 4. The first-order chi connectivity index (χ1) is 11.2. The van der Waals surface area contributed by atoms with Crippen molar-refractivity contribution in [3.05, 3.63) is 47.7 Å². The second-order valence-electron chi connectivity index (χ2n) is 6.90. The quantitative estimate of drug-likeness (QED) is 0.926. The molecule has 4 heteroatoms. The summed E-state index contributed by atoms with van der Waals surface area (Å²) in [7, 11) is 0. The first kappa shape index (κ1) is 14.5. The Morgan fingerprint density at radius 1 is 1.22 bits per heavy atom. The van der Waals surface area contributed by atoms with Crippen LogP contribution < -0.4 is 5.32 Å². The number of nitrogens with one attached hydrogen (secondary N) is 1. The third-order valence-corrected chi connectivity index (χ3v) is 5.13. The smallest absolute Gasteiger partial charge is 0.229 e. The fourth-order valence-corrected chi connectivity index (χ4v) is 3.81. The van der Waals surface area contributed by atoms with Gasteiger partial charge in [-0.05, 0) is 37.7 Å². The van der Waals surface area contributed by atoms with Gasteiger partial charge in [-0.1, -0.05) is 43.2 Å². The molecule has 2 atom stereocenters. The summed E-state index contributed by atoms with van der Waals surface area (Å²) in [6.07, 6.45) is 5.80. The SMILES string of the molecule is Cc1cc(NC(=O)C2CC2c2ccccc2)n(C2CCCC2)n1. The molecule has 1 heterocycles. The molecule has 4 rings (SSSR count). The molecule has 1 aromatic heterocycles. The lowest BCUT2D eigenvalue weighted by atomic mass is 10.1. The van der Waals surface area contributed by atoms with E-state index >= 15 is 0 Å². The zero-order valence-corrected chi connectivity index (χ0v) is 13.5. The van der Waals surface area contributed by atoms with Gasteiger partial charge < -0.3 is 5.32 Å². The Bertz CT molecular complexity index is 701. The van der Waals surface area contributed by atoms with Crippen molar-refractivity contribution in [3.63, 3.8) is 0 Å². The molecule has 0 radical (unpaired) electrons. The van der Waals surface area contributed by atoms with E-state index in [0.717, 1.165) is 17.9 Å². The van der Waals surface area contributed by atoms with Crippen LogP contribution in [0.25, 0.3) is 0 Å². The number of hydrogen-bond acceptors (Lipinski definition) is 2. The van der Waals surface area contributed by atoms with Gasteiger partial charge in [0.15, 0.2) is 0 Å². The maximum atomic E-state index is 12.6. The molecule has 120 valence electrons. The molecule has 23 heavy (non-hydrogen) atoms. The summed E-state index contributed by atoms with van der Waals surface area (Å²) in [4.78, 5) is 12.6. The first-order valence-electron chi connectivity index (χ1n) is 8.64. The van der Waals surface area contributed by atoms with E-state index in [0.29, 0.717) is 12.0 Å². The standard InChI is InChI=1S/C19H23N3O/c1-13-11-18(22(21-13)15-9-5-6-10-15)20-19(23)17-12-16(17)14-7-3-2-4-8-14/h2-4,7-8,11,15-17H,5-6,9-10,12H2,1H3,(H,20,23). The number of anilines is 1. The fourth-order valence-electron chi connectivity index (χ4n) is 3.81. The zero-order chi connectivity index (χ0) is 15.8. The number of aromatic nitrogens is 2. The van der Waals surface area contributed by atoms with Crippen molar-refractivity contribution in [1.29, 1.82) is 0 Å². The van der Waals surface area contributed by atoms with Gasteiger partial charge >= 0.3 is 0 Å². The molecule has 0 saturated heterocycles. The third kappa shape index (κ3) is 2.90. The van der Waals surface area contributed by atoms with Crippen molar-refractivity contribution in [2.24, 2.45) is 5.92 Å². The second kappa shape index (κ2) is 5.84. The predicted octanol–water partition coefficient (Wildman–Crippen LogP) is 4.05. The van der Waals surface area contributed by atoms with E-state index in [1.165, 1.54) is 31.2 Å². The van der Waals surface area contributed by atoms with Crippen LogP contribution in [-0.2, 0) is 4.79 Å². The normalized spacial score (nSPS) is 23.9. The van der Waals surface area contributed by atoms with E-state index < -0.39 is 0 Å². The molecule has 1 amide bonds. The zero-order valence-electron chi connectivity index (χ0n) is 13.5. The maximum Gasteiger partial charge on any atom is 0.229 e. The van der Waals surface area contributed by atoms with Crippen LogP contribution in [-0.4, -0.2) is 15.7 Å². The second-order valence-corrected chi connectivity index (χ2v) is 6.90. The summed E-state index contributed by atoms with van der Waals surface area (Å²) in [6, 6.07) is 12.8. The third-order valence-electron chi connectivity index (χ3n) is 5.13. The molecule has 0 spiro atoms. The van der Waals surface area contributed by atoms with E-state index in [2.05, 4.69) is 22.5 Å². The summed E-state index contributed by atoms with van der Waals surface area (Å²) in [5, 5.41) is 7.74. The monoisotopic (exact) mass is 309 g/mol. The molecule has 2 aliphatic rings. The molecule has 2 unspecified atom stereocenters. The van der Waals surface area contributed by atoms with Gasteiger partial charge in [0, 0.05) is 12.0 Å². The van der Waals surface area contributed by atoms with Crippen LogP contribution in [0.15, 0.2) is 36.4 Å². The van der Waals surface area contributed by atoms with E-state index in [4.69, 9.17) is 0 Å². The lowest BCUT2D eigenvalue weighted by Crippen LogP contribution is -2.19. The molecule has 2 saturated carbocycles. The summed E-state index contributed by atoms with van der Waals surface area (Å²) in [6.45, 7) is 1.99. The Balaban J connectivity index is 1.46. The summed E-state index contributed by atoms with van der Waals surface area (Å²) in [5.41, 5.74) is 2.25. The Morgan fingerprint density at radius 3 is 2.70 bits per heavy atom. The number of carbonyl (C=O) groups excluding carboxylic acids is 1. The first-order valence-corrected chi connectivity index (χ1v) is 8.64. The highest BCUT2D eigenvalue weighted by Gasteiger charge is 2.44. The number of hydrogen-bond donors (Lipinski definition) is 1. The van der Waals surface area contributed by atoms with Gasteiger partial charge in [-0.2, -0.15) is 5.10 Å². The van der Waals surface area contributed by atoms with Crippen LogP contribution in [0.5, 0.6) is 0 Å². The van der Waals surface area contributed by atoms with Gasteiger partial charge in [0.05, 0.1) is 11.7 Å². The van der Waals surface area contributed by atoms with Crippen molar-refractivity contribution in [2.45, 2.75) is 51.0 Å². The minimum Gasteiger partial charge on any atom is -0.311 e. The molecule has 2 fully saturated rings. The van der Waals surface area contributed by atoms with Crippen molar-refractivity contribution in [1.82, 2.24) is 9.78 Å². The van der Waals surface area contributed by atoms with Crippen LogP contribution in [0.3, 0.4) is 0 Å². The minimum atomic E-state index is 0.102. The molecule has 2 aromatic rings. The summed E-state index contributed by atoms with van der Waals surface area (Å²) in [5.74, 6) is 1.49. The number of benzene rings is 1. The maximum absolute atomic E-state index is 12.6. The van der Waals surface area contributed by atoms with Crippen LogP contribution in [0.2, 0.25) is 0 Å². The molecule has 1 N–H and O–H groups in total. The van der Waals surface area contributed by atoms with Crippen LogP contribution >= 0.6 is 0 Å². The van der Waals surface area contributed by atoms with E-state index in [9.17, 15) is 4.79 Å². The average molecular weight is 309 g/mol. The van der Waals surface area contributed by atoms with Crippen LogP contribution in [0, 0.1) is 12.8 Å². The molecular formula is C19H23N3O. The topological polar surface area (TPSA) is 46.9 Å². The molecule has 0 bridgehead atoms. The number of nitrogens with zero attached hydrogens (tertiary/aromatic N) is 2.